The predicted molar refractivity (Wildman–Crippen MR) is 118 cm³/mol. The van der Waals surface area contributed by atoms with Gasteiger partial charge in [0.05, 0.1) is 6.10 Å². The third-order valence-electron chi connectivity index (χ3n) is 4.86. The first kappa shape index (κ1) is 19.6. The lowest BCUT2D eigenvalue weighted by atomic mass is 10.1. The fraction of sp³-hybridized carbons (Fsp3) is 0.280. The lowest BCUT2D eigenvalue weighted by Gasteiger charge is -2.37. The van der Waals surface area contributed by atoms with Gasteiger partial charge in [0.1, 0.15) is 5.75 Å². The summed E-state index contributed by atoms with van der Waals surface area (Å²) in [4.78, 5) is 2.92. The quantitative estimate of drug-likeness (QED) is 0.412. The SMILES string of the molecule is CC(C)Oc1ccccc1CCCS(C)(c1ccccc1)c1ccccc1. The van der Waals surface area contributed by atoms with Crippen LogP contribution in [-0.2, 0) is 6.42 Å². The Morgan fingerprint density at radius 3 is 1.81 bits per heavy atom. The average molecular weight is 379 g/mol. The number of hydrogen-bond donors (Lipinski definition) is 0. The summed E-state index contributed by atoms with van der Waals surface area (Å²) < 4.78 is 6.00. The molecular weight excluding hydrogens is 348 g/mol. The van der Waals surface area contributed by atoms with Gasteiger partial charge in [-0.2, -0.15) is 10.0 Å². The maximum absolute atomic E-state index is 6.00. The highest BCUT2D eigenvalue weighted by atomic mass is 32.3. The van der Waals surface area contributed by atoms with Crippen LogP contribution in [0.15, 0.2) is 94.7 Å². The summed E-state index contributed by atoms with van der Waals surface area (Å²) in [6.45, 7) is 4.17. The van der Waals surface area contributed by atoms with Gasteiger partial charge in [-0.1, -0.05) is 54.6 Å². The third-order valence-corrected chi connectivity index (χ3v) is 8.59. The van der Waals surface area contributed by atoms with Crippen molar-refractivity contribution in [1.82, 2.24) is 0 Å². The summed E-state index contributed by atoms with van der Waals surface area (Å²) in [5.41, 5.74) is 1.31. The van der Waals surface area contributed by atoms with Crippen LogP contribution in [0.4, 0.5) is 0 Å². The summed E-state index contributed by atoms with van der Waals surface area (Å²) in [6, 6.07) is 30.5. The van der Waals surface area contributed by atoms with Crippen molar-refractivity contribution in [3.8, 4) is 5.75 Å². The molecule has 0 atom stereocenters. The van der Waals surface area contributed by atoms with Gasteiger partial charge in [0.15, 0.2) is 0 Å². The van der Waals surface area contributed by atoms with E-state index < -0.39 is 10.0 Å². The first-order chi connectivity index (χ1) is 13.1. The average Bonchev–Trinajstić information content (AvgIpc) is 2.70. The van der Waals surface area contributed by atoms with Gasteiger partial charge in [-0.25, -0.2) is 0 Å². The van der Waals surface area contributed by atoms with Gasteiger partial charge in [-0.05, 0) is 84.4 Å². The van der Waals surface area contributed by atoms with Crippen LogP contribution < -0.4 is 4.74 Å². The number of benzene rings is 3. The fourth-order valence-corrected chi connectivity index (χ4v) is 6.42. The van der Waals surface area contributed by atoms with Crippen LogP contribution in [-0.4, -0.2) is 18.1 Å². The molecule has 3 aromatic carbocycles. The molecule has 0 N–H and O–H groups in total. The molecule has 0 amide bonds. The van der Waals surface area contributed by atoms with E-state index in [0.29, 0.717) is 0 Å². The van der Waals surface area contributed by atoms with Crippen molar-refractivity contribution in [3.05, 3.63) is 90.5 Å². The molecule has 142 valence electrons. The molecule has 1 nitrogen and oxygen atoms in total. The largest absolute Gasteiger partial charge is 0.491 e. The lowest BCUT2D eigenvalue weighted by Crippen LogP contribution is -2.09. The fourth-order valence-electron chi connectivity index (χ4n) is 3.44. The van der Waals surface area contributed by atoms with Gasteiger partial charge >= 0.3 is 0 Å². The van der Waals surface area contributed by atoms with E-state index in [0.717, 1.165) is 18.6 Å². The molecule has 0 aliphatic heterocycles. The molecule has 2 heteroatoms. The molecule has 3 rings (SSSR count). The van der Waals surface area contributed by atoms with Crippen LogP contribution in [0.5, 0.6) is 5.75 Å². The Labute approximate surface area is 165 Å². The molecule has 0 saturated carbocycles. The zero-order chi connectivity index (χ0) is 19.1. The first-order valence-corrected chi connectivity index (χ1v) is 11.9. The van der Waals surface area contributed by atoms with Crippen molar-refractivity contribution in [2.75, 3.05) is 12.0 Å². The van der Waals surface area contributed by atoms with Crippen LogP contribution in [0.3, 0.4) is 0 Å². The molecule has 0 unspecified atom stereocenters. The predicted octanol–water partition coefficient (Wildman–Crippen LogP) is 6.96. The van der Waals surface area contributed by atoms with Gasteiger partial charge in [-0.15, -0.1) is 0 Å². The molecule has 0 spiro atoms. The van der Waals surface area contributed by atoms with Crippen molar-refractivity contribution < 1.29 is 4.74 Å². The smallest absolute Gasteiger partial charge is 0.122 e. The second-order valence-corrected chi connectivity index (χ2v) is 10.8. The van der Waals surface area contributed by atoms with Crippen molar-refractivity contribution in [2.24, 2.45) is 0 Å². The van der Waals surface area contributed by atoms with Crippen LogP contribution in [0.2, 0.25) is 0 Å². The van der Waals surface area contributed by atoms with Crippen LogP contribution in [0, 0.1) is 0 Å². The maximum atomic E-state index is 6.00. The molecule has 0 bridgehead atoms. The highest BCUT2D eigenvalue weighted by Gasteiger charge is 2.22. The number of hydrogen-bond acceptors (Lipinski definition) is 1. The highest BCUT2D eigenvalue weighted by molar-refractivity contribution is 8.33. The normalized spacial score (nSPS) is 12.1. The van der Waals surface area contributed by atoms with Crippen molar-refractivity contribution >= 4 is 10.0 Å². The maximum Gasteiger partial charge on any atom is 0.122 e. The van der Waals surface area contributed by atoms with E-state index in [2.05, 4.69) is 105 Å². The molecule has 27 heavy (non-hydrogen) atoms. The van der Waals surface area contributed by atoms with Crippen molar-refractivity contribution in [2.45, 2.75) is 42.6 Å². The molecular formula is C25H30OS. The van der Waals surface area contributed by atoms with Gasteiger partial charge in [0.2, 0.25) is 0 Å². The number of rotatable bonds is 8. The summed E-state index contributed by atoms with van der Waals surface area (Å²) >= 11 is 0. The minimum absolute atomic E-state index is 0.204. The van der Waals surface area contributed by atoms with E-state index in [1.54, 1.807) is 0 Å². The van der Waals surface area contributed by atoms with Gasteiger partial charge < -0.3 is 4.74 Å². The standard InChI is InChI=1S/C25H30OS/c1-21(2)26-25-19-11-10-13-22(25)14-12-20-27(3,23-15-6-4-7-16-23)24-17-8-5-9-18-24/h4-11,13,15-19,21H,12,14,20H2,1-3H3. The topological polar surface area (TPSA) is 9.23 Å². The van der Waals surface area contributed by atoms with Crippen molar-refractivity contribution in [1.29, 1.82) is 0 Å². The second kappa shape index (κ2) is 9.14. The summed E-state index contributed by atoms with van der Waals surface area (Å²) in [7, 11) is -1.04. The molecule has 0 radical (unpaired) electrons. The Bertz CT molecular complexity index is 788. The minimum atomic E-state index is -1.04. The van der Waals surface area contributed by atoms with Gasteiger partial charge in [-0.3, -0.25) is 0 Å². The first-order valence-electron chi connectivity index (χ1n) is 9.70. The number of aryl methyl sites for hydroxylation is 1. The van der Waals surface area contributed by atoms with E-state index in [1.807, 2.05) is 0 Å². The molecule has 0 fully saturated rings. The van der Waals surface area contributed by atoms with Crippen LogP contribution >= 0.6 is 10.0 Å². The number of ether oxygens (including phenoxy) is 1. The number of para-hydroxylation sites is 1. The van der Waals surface area contributed by atoms with Gasteiger partial charge in [0.25, 0.3) is 0 Å². The summed E-state index contributed by atoms with van der Waals surface area (Å²) in [6.07, 6.45) is 4.85. The monoisotopic (exact) mass is 378 g/mol. The summed E-state index contributed by atoms with van der Waals surface area (Å²) in [5, 5.41) is 0. The summed E-state index contributed by atoms with van der Waals surface area (Å²) in [5.74, 6) is 2.21. The van der Waals surface area contributed by atoms with Gasteiger partial charge in [0, 0.05) is 0 Å². The van der Waals surface area contributed by atoms with Crippen LogP contribution in [0.25, 0.3) is 0 Å². The Morgan fingerprint density at radius 1 is 0.741 bits per heavy atom. The second-order valence-electron chi connectivity index (χ2n) is 7.30. The molecule has 0 aliphatic rings. The van der Waals surface area contributed by atoms with Crippen molar-refractivity contribution in [3.63, 3.8) is 0 Å². The Morgan fingerprint density at radius 2 is 1.26 bits per heavy atom. The lowest BCUT2D eigenvalue weighted by molar-refractivity contribution is 0.240. The Kier molecular flexibility index (Phi) is 6.63. The Balaban J connectivity index is 1.79. The zero-order valence-electron chi connectivity index (χ0n) is 16.6. The Hall–Kier alpha value is -2.19. The minimum Gasteiger partial charge on any atom is -0.491 e. The van der Waals surface area contributed by atoms with Crippen LogP contribution in [0.1, 0.15) is 25.8 Å². The molecule has 0 aromatic heterocycles. The molecule has 0 heterocycles. The zero-order valence-corrected chi connectivity index (χ0v) is 17.4. The molecule has 0 aliphatic carbocycles. The van der Waals surface area contributed by atoms with E-state index in [-0.39, 0.29) is 6.10 Å². The van der Waals surface area contributed by atoms with E-state index in [1.165, 1.54) is 21.1 Å². The molecule has 3 aromatic rings. The van der Waals surface area contributed by atoms with E-state index >= 15 is 0 Å². The molecule has 0 saturated heterocycles. The highest BCUT2D eigenvalue weighted by Crippen LogP contribution is 2.59. The van der Waals surface area contributed by atoms with E-state index in [4.69, 9.17) is 4.74 Å². The third kappa shape index (κ3) is 4.95. The van der Waals surface area contributed by atoms with E-state index in [9.17, 15) is 0 Å².